The molecule has 1 aromatic carbocycles. The van der Waals surface area contributed by atoms with Crippen LogP contribution in [0.15, 0.2) is 30.3 Å². The minimum atomic E-state index is 0.411. The molecule has 2 fully saturated rings. The van der Waals surface area contributed by atoms with E-state index in [4.69, 9.17) is 0 Å². The lowest BCUT2D eigenvalue weighted by atomic mass is 9.87. The molecule has 1 heteroatoms. The van der Waals surface area contributed by atoms with E-state index in [9.17, 15) is 0 Å². The fourth-order valence-electron chi connectivity index (χ4n) is 2.56. The predicted octanol–water partition coefficient (Wildman–Crippen LogP) is 2.14. The Kier molecular flexibility index (Phi) is 1.72. The van der Waals surface area contributed by atoms with E-state index < -0.39 is 0 Å². The van der Waals surface area contributed by atoms with E-state index in [1.807, 2.05) is 0 Å². The van der Waals surface area contributed by atoms with Crippen molar-refractivity contribution < 1.29 is 0 Å². The molecule has 3 rings (SSSR count). The molecule has 0 amide bonds. The van der Waals surface area contributed by atoms with Gasteiger partial charge in [0.25, 0.3) is 0 Å². The molecule has 1 aromatic rings. The molecule has 1 radical (unpaired) electrons. The van der Waals surface area contributed by atoms with Gasteiger partial charge in [0.1, 0.15) is 0 Å². The molecular weight excluding hydrogens is 170 g/mol. The Morgan fingerprint density at radius 2 is 1.93 bits per heavy atom. The van der Waals surface area contributed by atoms with Crippen LogP contribution in [-0.4, -0.2) is 13.1 Å². The second-order valence-electron chi connectivity index (χ2n) is 4.76. The summed E-state index contributed by atoms with van der Waals surface area (Å²) in [6, 6.07) is 10.9. The second-order valence-corrected chi connectivity index (χ2v) is 4.76. The summed E-state index contributed by atoms with van der Waals surface area (Å²) in [5, 5.41) is 3.35. The van der Waals surface area contributed by atoms with Crippen molar-refractivity contribution in [3.63, 3.8) is 0 Å². The summed E-state index contributed by atoms with van der Waals surface area (Å²) < 4.78 is 0. The molecule has 1 nitrogen and oxygen atoms in total. The van der Waals surface area contributed by atoms with Crippen molar-refractivity contribution in [1.82, 2.24) is 5.32 Å². The van der Waals surface area contributed by atoms with Crippen molar-refractivity contribution in [3.05, 3.63) is 41.8 Å². The molecule has 0 bridgehead atoms. The van der Waals surface area contributed by atoms with Crippen molar-refractivity contribution in [2.45, 2.75) is 18.8 Å². The topological polar surface area (TPSA) is 12.0 Å². The fraction of sp³-hybridized carbons (Fsp3) is 0.462. The van der Waals surface area contributed by atoms with Gasteiger partial charge in [-0.05, 0) is 42.3 Å². The van der Waals surface area contributed by atoms with Crippen molar-refractivity contribution in [3.8, 4) is 0 Å². The molecular formula is C13H16N. The van der Waals surface area contributed by atoms with E-state index in [1.165, 1.54) is 25.1 Å². The largest absolute Gasteiger partial charge is 0.316 e. The van der Waals surface area contributed by atoms with E-state index in [2.05, 4.69) is 42.6 Å². The Bertz CT molecular complexity index is 328. The van der Waals surface area contributed by atoms with Gasteiger partial charge in [0.05, 0.1) is 0 Å². The molecule has 1 N–H and O–H groups in total. The van der Waals surface area contributed by atoms with Crippen LogP contribution >= 0.6 is 0 Å². The highest BCUT2D eigenvalue weighted by atomic mass is 15.0. The van der Waals surface area contributed by atoms with Crippen LogP contribution in [0.3, 0.4) is 0 Å². The van der Waals surface area contributed by atoms with Crippen LogP contribution in [0.4, 0.5) is 0 Å². The van der Waals surface area contributed by atoms with Crippen LogP contribution in [-0.2, 0) is 5.41 Å². The smallest absolute Gasteiger partial charge is 0.000237 e. The third kappa shape index (κ3) is 1.12. The van der Waals surface area contributed by atoms with Gasteiger partial charge in [-0.1, -0.05) is 37.3 Å². The first-order chi connectivity index (χ1) is 6.81. The third-order valence-corrected chi connectivity index (χ3v) is 3.81. The number of nitrogens with one attached hydrogen (secondary N) is 1. The van der Waals surface area contributed by atoms with Crippen molar-refractivity contribution in [1.29, 1.82) is 0 Å². The van der Waals surface area contributed by atoms with Crippen molar-refractivity contribution >= 4 is 0 Å². The highest BCUT2D eigenvalue weighted by molar-refractivity contribution is 5.45. The van der Waals surface area contributed by atoms with Gasteiger partial charge >= 0.3 is 0 Å². The number of hydrogen-bond acceptors (Lipinski definition) is 1. The van der Waals surface area contributed by atoms with Gasteiger partial charge in [0.15, 0.2) is 0 Å². The van der Waals surface area contributed by atoms with E-state index >= 15 is 0 Å². The lowest BCUT2D eigenvalue weighted by Gasteiger charge is -2.29. The zero-order valence-electron chi connectivity index (χ0n) is 8.59. The third-order valence-electron chi connectivity index (χ3n) is 3.81. The summed E-state index contributed by atoms with van der Waals surface area (Å²) in [4.78, 5) is 0. The Morgan fingerprint density at radius 1 is 1.21 bits per heavy atom. The van der Waals surface area contributed by atoms with Gasteiger partial charge < -0.3 is 5.32 Å². The molecule has 0 aromatic heterocycles. The molecule has 1 atom stereocenters. The van der Waals surface area contributed by atoms with Gasteiger partial charge in [-0.2, -0.15) is 0 Å². The van der Waals surface area contributed by atoms with Gasteiger partial charge in [0, 0.05) is 0 Å². The Labute approximate surface area is 85.5 Å². The van der Waals surface area contributed by atoms with Crippen LogP contribution in [0.2, 0.25) is 0 Å². The number of hydrogen-bond donors (Lipinski definition) is 1. The molecule has 1 heterocycles. The maximum Gasteiger partial charge on any atom is -0.000237 e. The van der Waals surface area contributed by atoms with E-state index in [1.54, 1.807) is 5.92 Å². The molecule has 1 saturated carbocycles. The van der Waals surface area contributed by atoms with Gasteiger partial charge in [-0.25, -0.2) is 0 Å². The molecule has 1 aliphatic heterocycles. The SMILES string of the molecule is CC1(c2ccccc2)C[C]1C1CNC1. The average molecular weight is 186 g/mol. The van der Waals surface area contributed by atoms with E-state index in [0.29, 0.717) is 5.41 Å². The van der Waals surface area contributed by atoms with Gasteiger partial charge in [-0.15, -0.1) is 0 Å². The average Bonchev–Trinajstić information content (AvgIpc) is 2.78. The molecule has 73 valence electrons. The Morgan fingerprint density at radius 3 is 2.50 bits per heavy atom. The molecule has 1 saturated heterocycles. The normalized spacial score (nSPS) is 32.6. The molecule has 2 aliphatic rings. The standard InChI is InChI=1S/C13H16N/c1-13(11-5-3-2-4-6-11)7-12(13)10-8-14-9-10/h2-6,10,14H,7-9H2,1H3. The summed E-state index contributed by atoms with van der Waals surface area (Å²) in [5.74, 6) is 2.63. The summed E-state index contributed by atoms with van der Waals surface area (Å²) >= 11 is 0. The zero-order valence-corrected chi connectivity index (χ0v) is 8.59. The zero-order chi connectivity index (χ0) is 9.60. The number of benzene rings is 1. The summed E-state index contributed by atoms with van der Waals surface area (Å²) in [5.41, 5.74) is 1.91. The highest BCUT2D eigenvalue weighted by Crippen LogP contribution is 2.60. The minimum Gasteiger partial charge on any atom is -0.316 e. The molecule has 1 aliphatic carbocycles. The van der Waals surface area contributed by atoms with Crippen LogP contribution in [0, 0.1) is 11.8 Å². The van der Waals surface area contributed by atoms with Crippen LogP contribution in [0.5, 0.6) is 0 Å². The van der Waals surface area contributed by atoms with Crippen LogP contribution in [0.25, 0.3) is 0 Å². The summed E-state index contributed by atoms with van der Waals surface area (Å²) in [7, 11) is 0. The quantitative estimate of drug-likeness (QED) is 0.746. The van der Waals surface area contributed by atoms with E-state index in [-0.39, 0.29) is 0 Å². The second kappa shape index (κ2) is 2.83. The van der Waals surface area contributed by atoms with Crippen molar-refractivity contribution in [2.24, 2.45) is 5.92 Å². The fourth-order valence-corrected chi connectivity index (χ4v) is 2.56. The lowest BCUT2D eigenvalue weighted by molar-refractivity contribution is 0.375. The Balaban J connectivity index is 1.80. The maximum absolute atomic E-state index is 3.35. The lowest BCUT2D eigenvalue weighted by Crippen LogP contribution is -2.43. The predicted molar refractivity (Wildman–Crippen MR) is 58.0 cm³/mol. The van der Waals surface area contributed by atoms with Crippen LogP contribution in [0.1, 0.15) is 18.9 Å². The molecule has 1 unspecified atom stereocenters. The first-order valence-corrected chi connectivity index (χ1v) is 5.43. The highest BCUT2D eigenvalue weighted by Gasteiger charge is 2.56. The maximum atomic E-state index is 3.35. The van der Waals surface area contributed by atoms with Crippen LogP contribution < -0.4 is 5.32 Å². The van der Waals surface area contributed by atoms with Gasteiger partial charge in [0.2, 0.25) is 0 Å². The monoisotopic (exact) mass is 186 g/mol. The van der Waals surface area contributed by atoms with Gasteiger partial charge in [-0.3, -0.25) is 0 Å². The van der Waals surface area contributed by atoms with E-state index in [0.717, 1.165) is 5.92 Å². The Hall–Kier alpha value is -0.820. The summed E-state index contributed by atoms with van der Waals surface area (Å²) in [6.45, 7) is 4.80. The molecule has 0 spiro atoms. The minimum absolute atomic E-state index is 0.411. The first kappa shape index (κ1) is 8.49. The summed E-state index contributed by atoms with van der Waals surface area (Å²) in [6.07, 6.45) is 1.31. The first-order valence-electron chi connectivity index (χ1n) is 5.43. The number of rotatable bonds is 2. The van der Waals surface area contributed by atoms with Crippen molar-refractivity contribution in [2.75, 3.05) is 13.1 Å². The molecule has 14 heavy (non-hydrogen) atoms.